The minimum Gasteiger partial charge on any atom is -0.378 e. The van der Waals surface area contributed by atoms with Crippen LogP contribution in [-0.4, -0.2) is 42.2 Å². The van der Waals surface area contributed by atoms with Crippen LogP contribution in [0.2, 0.25) is 0 Å². The van der Waals surface area contributed by atoms with Gasteiger partial charge in [-0.3, -0.25) is 9.69 Å². The Balaban J connectivity index is 1.79. The van der Waals surface area contributed by atoms with Crippen LogP contribution in [0.1, 0.15) is 17.8 Å². The number of nitrogens with one attached hydrogen (secondary N) is 1. The van der Waals surface area contributed by atoms with Crippen molar-refractivity contribution in [3.8, 4) is 0 Å². The lowest BCUT2D eigenvalue weighted by Gasteiger charge is -2.39. The lowest BCUT2D eigenvalue weighted by Crippen LogP contribution is -2.51. The Morgan fingerprint density at radius 1 is 1.19 bits per heavy atom. The second-order valence-corrected chi connectivity index (χ2v) is 7.84. The van der Waals surface area contributed by atoms with Crippen molar-refractivity contribution in [3.63, 3.8) is 0 Å². The minimum absolute atomic E-state index is 0.0464. The van der Waals surface area contributed by atoms with Gasteiger partial charge in [-0.1, -0.05) is 24.3 Å². The Hall–Kier alpha value is -2.22. The Labute approximate surface area is 168 Å². The first kappa shape index (κ1) is 18.2. The van der Waals surface area contributed by atoms with Crippen molar-refractivity contribution >= 4 is 40.3 Å². The van der Waals surface area contributed by atoms with Crippen LogP contribution in [0.3, 0.4) is 0 Å². The number of carbonyl (C=O) groups excluding carboxylic acids is 1. The molecule has 4 rings (SSSR count). The van der Waals surface area contributed by atoms with E-state index in [1.807, 2.05) is 64.6 Å². The molecule has 2 aliphatic rings. The summed E-state index contributed by atoms with van der Waals surface area (Å²) in [6, 6.07) is 13.7. The highest BCUT2D eigenvalue weighted by atomic mass is 32.1. The van der Waals surface area contributed by atoms with Gasteiger partial charge < -0.3 is 15.0 Å². The molecule has 7 heteroatoms. The topological polar surface area (TPSA) is 44.8 Å². The summed E-state index contributed by atoms with van der Waals surface area (Å²) >= 11 is 7.30. The molecule has 2 aromatic rings. The second-order valence-electron chi connectivity index (χ2n) is 6.47. The van der Waals surface area contributed by atoms with E-state index in [1.165, 1.54) is 0 Å². The van der Waals surface area contributed by atoms with Crippen LogP contribution in [0.25, 0.3) is 0 Å². The fraction of sp³-hybridized carbons (Fsp3) is 0.300. The molecule has 1 amide bonds. The van der Waals surface area contributed by atoms with Gasteiger partial charge in [-0.05, 0) is 42.7 Å². The normalized spacial score (nSPS) is 20.6. The molecule has 1 atom stereocenters. The van der Waals surface area contributed by atoms with E-state index in [-0.39, 0.29) is 11.9 Å². The number of carbonyl (C=O) groups is 1. The summed E-state index contributed by atoms with van der Waals surface area (Å²) in [6.07, 6.45) is 0. The molecule has 1 fully saturated rings. The van der Waals surface area contributed by atoms with Crippen LogP contribution in [0.5, 0.6) is 0 Å². The van der Waals surface area contributed by atoms with Crippen LogP contribution in [-0.2, 0) is 9.53 Å². The average Bonchev–Trinajstić information content (AvgIpc) is 3.23. The summed E-state index contributed by atoms with van der Waals surface area (Å²) in [5, 5.41) is 6.03. The van der Waals surface area contributed by atoms with Gasteiger partial charge in [0.1, 0.15) is 0 Å². The maximum Gasteiger partial charge on any atom is 0.254 e. The molecular weight excluding hydrogens is 378 g/mol. The molecule has 0 spiro atoms. The number of ether oxygens (including phenoxy) is 1. The fourth-order valence-electron chi connectivity index (χ4n) is 3.51. The van der Waals surface area contributed by atoms with Crippen molar-refractivity contribution in [1.82, 2.24) is 10.2 Å². The molecule has 1 N–H and O–H groups in total. The predicted octanol–water partition coefficient (Wildman–Crippen LogP) is 3.32. The van der Waals surface area contributed by atoms with Crippen molar-refractivity contribution < 1.29 is 9.53 Å². The van der Waals surface area contributed by atoms with Gasteiger partial charge in [0.15, 0.2) is 5.11 Å². The third-order valence-electron chi connectivity index (χ3n) is 4.86. The number of nitrogens with zero attached hydrogens (tertiary/aromatic N) is 2. The minimum atomic E-state index is -0.229. The first-order chi connectivity index (χ1) is 13.2. The van der Waals surface area contributed by atoms with E-state index < -0.39 is 0 Å². The standard InChI is InChI=1S/C20H21N3O2S2/c1-14-17(19(24)22-9-11-25-12-10-22)18(16-8-5-13-27-16)21-20(26)23(14)15-6-3-2-4-7-15/h2-8,13,18H,9-12H2,1H3,(H,21,26)/t18-/m1/s1. The Morgan fingerprint density at radius 2 is 1.93 bits per heavy atom. The van der Waals surface area contributed by atoms with Crippen molar-refractivity contribution in [2.24, 2.45) is 0 Å². The zero-order valence-corrected chi connectivity index (χ0v) is 16.7. The van der Waals surface area contributed by atoms with E-state index in [0.29, 0.717) is 31.4 Å². The van der Waals surface area contributed by atoms with Crippen molar-refractivity contribution in [2.45, 2.75) is 13.0 Å². The van der Waals surface area contributed by atoms with Crippen LogP contribution < -0.4 is 10.2 Å². The third kappa shape index (κ3) is 3.50. The number of thiophene rings is 1. The molecule has 1 aromatic heterocycles. The van der Waals surface area contributed by atoms with E-state index in [4.69, 9.17) is 17.0 Å². The van der Waals surface area contributed by atoms with E-state index in [2.05, 4.69) is 5.32 Å². The first-order valence-electron chi connectivity index (χ1n) is 8.93. The molecular formula is C20H21N3O2S2. The SMILES string of the molecule is CC1=C(C(=O)N2CCOCC2)[C@@H](c2cccs2)NC(=S)N1c1ccccc1. The summed E-state index contributed by atoms with van der Waals surface area (Å²) in [7, 11) is 0. The van der Waals surface area contributed by atoms with Gasteiger partial charge in [-0.25, -0.2) is 0 Å². The highest BCUT2D eigenvalue weighted by molar-refractivity contribution is 7.80. The maximum atomic E-state index is 13.5. The number of allylic oxidation sites excluding steroid dienone is 1. The summed E-state index contributed by atoms with van der Waals surface area (Å²) in [4.78, 5) is 18.4. The molecule has 0 radical (unpaired) electrons. The fourth-order valence-corrected chi connectivity index (χ4v) is 4.66. The van der Waals surface area contributed by atoms with Gasteiger partial charge in [0, 0.05) is 29.4 Å². The predicted molar refractivity (Wildman–Crippen MR) is 112 cm³/mol. The lowest BCUT2D eigenvalue weighted by molar-refractivity contribution is -0.131. The molecule has 1 aromatic carbocycles. The smallest absolute Gasteiger partial charge is 0.254 e. The zero-order valence-electron chi connectivity index (χ0n) is 15.1. The number of rotatable bonds is 3. The van der Waals surface area contributed by atoms with E-state index in [0.717, 1.165) is 21.8 Å². The molecule has 27 heavy (non-hydrogen) atoms. The van der Waals surface area contributed by atoms with Gasteiger partial charge in [0.05, 0.1) is 24.8 Å². The number of hydrogen-bond donors (Lipinski definition) is 1. The van der Waals surface area contributed by atoms with Gasteiger partial charge in [-0.2, -0.15) is 0 Å². The molecule has 2 aliphatic heterocycles. The molecule has 1 saturated heterocycles. The van der Waals surface area contributed by atoms with Crippen molar-refractivity contribution in [1.29, 1.82) is 0 Å². The largest absolute Gasteiger partial charge is 0.378 e. The van der Waals surface area contributed by atoms with Gasteiger partial charge in [0.2, 0.25) is 0 Å². The maximum absolute atomic E-state index is 13.5. The highest BCUT2D eigenvalue weighted by Gasteiger charge is 2.37. The van der Waals surface area contributed by atoms with Crippen LogP contribution in [0.4, 0.5) is 5.69 Å². The van der Waals surface area contributed by atoms with E-state index in [9.17, 15) is 4.79 Å². The first-order valence-corrected chi connectivity index (χ1v) is 10.2. The zero-order chi connectivity index (χ0) is 18.8. The van der Waals surface area contributed by atoms with E-state index in [1.54, 1.807) is 11.3 Å². The summed E-state index contributed by atoms with van der Waals surface area (Å²) in [5.41, 5.74) is 2.57. The summed E-state index contributed by atoms with van der Waals surface area (Å²) in [5.74, 6) is 0.0464. The third-order valence-corrected chi connectivity index (χ3v) is 6.09. The van der Waals surface area contributed by atoms with Gasteiger partial charge >= 0.3 is 0 Å². The molecule has 0 saturated carbocycles. The molecule has 3 heterocycles. The van der Waals surface area contributed by atoms with E-state index >= 15 is 0 Å². The Kier molecular flexibility index (Phi) is 5.24. The van der Waals surface area contributed by atoms with Gasteiger partial charge in [0.25, 0.3) is 5.91 Å². The lowest BCUT2D eigenvalue weighted by atomic mass is 9.98. The monoisotopic (exact) mass is 399 g/mol. The van der Waals surface area contributed by atoms with Gasteiger partial charge in [-0.15, -0.1) is 11.3 Å². The van der Waals surface area contributed by atoms with Crippen LogP contribution >= 0.6 is 23.6 Å². The molecule has 140 valence electrons. The van der Waals surface area contributed by atoms with Crippen LogP contribution in [0, 0.1) is 0 Å². The molecule has 0 unspecified atom stereocenters. The number of thiocarbonyl (C=S) groups is 1. The highest BCUT2D eigenvalue weighted by Crippen LogP contribution is 2.36. The van der Waals surface area contributed by atoms with Crippen molar-refractivity contribution in [3.05, 3.63) is 64.0 Å². The Bertz CT molecular complexity index is 859. The summed E-state index contributed by atoms with van der Waals surface area (Å²) in [6.45, 7) is 4.37. The second kappa shape index (κ2) is 7.80. The number of hydrogen-bond acceptors (Lipinski definition) is 4. The number of para-hydroxylation sites is 1. The number of anilines is 1. The number of benzene rings is 1. The summed E-state index contributed by atoms with van der Waals surface area (Å²) < 4.78 is 5.42. The number of amides is 1. The van der Waals surface area contributed by atoms with Crippen molar-refractivity contribution in [2.75, 3.05) is 31.2 Å². The number of morpholine rings is 1. The molecule has 0 aliphatic carbocycles. The Morgan fingerprint density at radius 3 is 2.59 bits per heavy atom. The molecule has 5 nitrogen and oxygen atoms in total. The van der Waals surface area contributed by atoms with Crippen LogP contribution in [0.15, 0.2) is 59.1 Å². The molecule has 0 bridgehead atoms. The quantitative estimate of drug-likeness (QED) is 0.803. The average molecular weight is 400 g/mol.